The molecule has 1 aromatic carbocycles. The molecule has 0 saturated heterocycles. The SMILES string of the molecule is CC(C)N(C)Cc1ccccc1CN=C(N)N(C)C1CC1. The summed E-state index contributed by atoms with van der Waals surface area (Å²) in [5, 5.41) is 0. The fourth-order valence-electron chi connectivity index (χ4n) is 2.24. The number of hydrogen-bond acceptors (Lipinski definition) is 2. The quantitative estimate of drug-likeness (QED) is 0.646. The van der Waals surface area contributed by atoms with Crippen molar-refractivity contribution in [1.29, 1.82) is 0 Å². The van der Waals surface area contributed by atoms with E-state index < -0.39 is 0 Å². The minimum absolute atomic E-state index is 0.535. The highest BCUT2D eigenvalue weighted by atomic mass is 15.3. The lowest BCUT2D eigenvalue weighted by Gasteiger charge is -2.22. The number of rotatable bonds is 6. The molecule has 0 bridgehead atoms. The molecule has 116 valence electrons. The molecule has 1 aliphatic carbocycles. The van der Waals surface area contributed by atoms with Gasteiger partial charge in [0.2, 0.25) is 0 Å². The van der Waals surface area contributed by atoms with Crippen LogP contribution in [0.3, 0.4) is 0 Å². The second kappa shape index (κ2) is 6.94. The van der Waals surface area contributed by atoms with Crippen molar-refractivity contribution >= 4 is 5.96 Å². The number of hydrogen-bond donors (Lipinski definition) is 1. The molecule has 0 amide bonds. The fourth-order valence-corrected chi connectivity index (χ4v) is 2.24. The molecule has 0 heterocycles. The summed E-state index contributed by atoms with van der Waals surface area (Å²) in [4.78, 5) is 9.01. The zero-order valence-corrected chi connectivity index (χ0v) is 13.7. The number of nitrogens with two attached hydrogens (primary N) is 1. The van der Waals surface area contributed by atoms with Gasteiger partial charge in [-0.05, 0) is 44.9 Å². The maximum absolute atomic E-state index is 6.07. The van der Waals surface area contributed by atoms with Gasteiger partial charge in [0, 0.05) is 25.7 Å². The maximum Gasteiger partial charge on any atom is 0.191 e. The molecule has 0 aromatic heterocycles. The van der Waals surface area contributed by atoms with E-state index in [0.29, 0.717) is 24.6 Å². The third-order valence-electron chi connectivity index (χ3n) is 4.29. The Hall–Kier alpha value is -1.55. The molecule has 1 saturated carbocycles. The zero-order valence-electron chi connectivity index (χ0n) is 13.7. The molecule has 2 rings (SSSR count). The Labute approximate surface area is 128 Å². The highest BCUT2D eigenvalue weighted by Crippen LogP contribution is 2.25. The Morgan fingerprint density at radius 2 is 1.86 bits per heavy atom. The molecule has 1 aromatic rings. The van der Waals surface area contributed by atoms with Gasteiger partial charge in [0.15, 0.2) is 5.96 Å². The molecule has 2 N–H and O–H groups in total. The Morgan fingerprint density at radius 3 is 2.43 bits per heavy atom. The van der Waals surface area contributed by atoms with Gasteiger partial charge in [-0.25, -0.2) is 4.99 Å². The van der Waals surface area contributed by atoms with Crippen LogP contribution >= 0.6 is 0 Å². The summed E-state index contributed by atoms with van der Waals surface area (Å²) in [7, 11) is 4.19. The average Bonchev–Trinajstić information content (AvgIpc) is 3.29. The smallest absolute Gasteiger partial charge is 0.191 e. The van der Waals surface area contributed by atoms with Gasteiger partial charge in [0.25, 0.3) is 0 Å². The normalized spacial score (nSPS) is 15.8. The van der Waals surface area contributed by atoms with E-state index in [1.54, 1.807) is 0 Å². The summed E-state index contributed by atoms with van der Waals surface area (Å²) in [6.45, 7) is 6.03. The summed E-state index contributed by atoms with van der Waals surface area (Å²) < 4.78 is 0. The third kappa shape index (κ3) is 4.46. The number of benzene rings is 1. The lowest BCUT2D eigenvalue weighted by molar-refractivity contribution is 0.265. The van der Waals surface area contributed by atoms with Crippen molar-refractivity contribution in [3.63, 3.8) is 0 Å². The van der Waals surface area contributed by atoms with Gasteiger partial charge in [-0.3, -0.25) is 4.90 Å². The van der Waals surface area contributed by atoms with Gasteiger partial charge in [-0.1, -0.05) is 24.3 Å². The molecule has 0 aliphatic heterocycles. The predicted octanol–water partition coefficient (Wildman–Crippen LogP) is 2.44. The first-order valence-corrected chi connectivity index (χ1v) is 7.78. The Kier molecular flexibility index (Phi) is 5.23. The number of aliphatic imine (C=N–C) groups is 1. The average molecular weight is 288 g/mol. The van der Waals surface area contributed by atoms with Crippen LogP contribution in [0.5, 0.6) is 0 Å². The Balaban J connectivity index is 2.03. The highest BCUT2D eigenvalue weighted by molar-refractivity contribution is 5.78. The molecule has 4 heteroatoms. The van der Waals surface area contributed by atoms with E-state index in [9.17, 15) is 0 Å². The van der Waals surface area contributed by atoms with Crippen LogP contribution in [0.1, 0.15) is 37.8 Å². The van der Waals surface area contributed by atoms with Crippen LogP contribution in [0.4, 0.5) is 0 Å². The first-order chi connectivity index (χ1) is 9.99. The summed E-state index contributed by atoms with van der Waals surface area (Å²) >= 11 is 0. The van der Waals surface area contributed by atoms with Crippen molar-refractivity contribution in [1.82, 2.24) is 9.80 Å². The minimum atomic E-state index is 0.535. The van der Waals surface area contributed by atoms with Crippen LogP contribution in [0.25, 0.3) is 0 Å². The highest BCUT2D eigenvalue weighted by Gasteiger charge is 2.27. The van der Waals surface area contributed by atoms with E-state index in [2.05, 4.69) is 60.0 Å². The second-order valence-corrected chi connectivity index (χ2v) is 6.29. The molecular weight excluding hydrogens is 260 g/mol. The zero-order chi connectivity index (χ0) is 15.4. The molecule has 0 radical (unpaired) electrons. The van der Waals surface area contributed by atoms with Crippen molar-refractivity contribution in [2.24, 2.45) is 10.7 Å². The second-order valence-electron chi connectivity index (χ2n) is 6.29. The monoisotopic (exact) mass is 288 g/mol. The topological polar surface area (TPSA) is 44.9 Å². The van der Waals surface area contributed by atoms with Gasteiger partial charge in [0.05, 0.1) is 6.54 Å². The van der Waals surface area contributed by atoms with Gasteiger partial charge in [-0.15, -0.1) is 0 Å². The van der Waals surface area contributed by atoms with Gasteiger partial charge >= 0.3 is 0 Å². The van der Waals surface area contributed by atoms with Crippen LogP contribution in [-0.4, -0.2) is 41.9 Å². The van der Waals surface area contributed by atoms with E-state index in [-0.39, 0.29) is 0 Å². The van der Waals surface area contributed by atoms with E-state index in [0.717, 1.165) is 6.54 Å². The predicted molar refractivity (Wildman–Crippen MR) is 89.2 cm³/mol. The van der Waals surface area contributed by atoms with Crippen molar-refractivity contribution < 1.29 is 0 Å². The largest absolute Gasteiger partial charge is 0.370 e. The summed E-state index contributed by atoms with van der Waals surface area (Å²) in [5.41, 5.74) is 8.67. The van der Waals surface area contributed by atoms with E-state index in [1.807, 2.05) is 7.05 Å². The van der Waals surface area contributed by atoms with Gasteiger partial charge < -0.3 is 10.6 Å². The first kappa shape index (κ1) is 15.8. The first-order valence-electron chi connectivity index (χ1n) is 7.78. The molecule has 4 nitrogen and oxygen atoms in total. The summed E-state index contributed by atoms with van der Waals surface area (Å²) in [5.74, 6) is 0.657. The van der Waals surface area contributed by atoms with E-state index in [4.69, 9.17) is 5.73 Å². The van der Waals surface area contributed by atoms with Crippen LogP contribution in [0.15, 0.2) is 29.3 Å². The van der Waals surface area contributed by atoms with Crippen molar-refractivity contribution in [3.05, 3.63) is 35.4 Å². The molecule has 1 aliphatic rings. The number of nitrogens with zero attached hydrogens (tertiary/aromatic N) is 3. The van der Waals surface area contributed by atoms with Crippen LogP contribution in [0.2, 0.25) is 0 Å². The molecule has 0 spiro atoms. The van der Waals surface area contributed by atoms with Gasteiger partial charge in [-0.2, -0.15) is 0 Å². The third-order valence-corrected chi connectivity index (χ3v) is 4.29. The van der Waals surface area contributed by atoms with Crippen LogP contribution in [0, 0.1) is 0 Å². The molecule has 0 unspecified atom stereocenters. The molecule has 1 fully saturated rings. The number of guanidine groups is 1. The summed E-state index contributed by atoms with van der Waals surface area (Å²) in [6, 6.07) is 9.65. The minimum Gasteiger partial charge on any atom is -0.370 e. The van der Waals surface area contributed by atoms with E-state index in [1.165, 1.54) is 24.0 Å². The Bertz CT molecular complexity index is 491. The molecular formula is C17H28N4. The van der Waals surface area contributed by atoms with Crippen molar-refractivity contribution in [2.45, 2.75) is 51.9 Å². The molecule has 21 heavy (non-hydrogen) atoms. The lowest BCUT2D eigenvalue weighted by atomic mass is 10.1. The standard InChI is InChI=1S/C17H28N4/c1-13(2)20(3)12-15-8-6-5-7-14(15)11-19-17(18)21(4)16-9-10-16/h5-8,13,16H,9-12H2,1-4H3,(H2,18,19). The maximum atomic E-state index is 6.07. The van der Waals surface area contributed by atoms with E-state index >= 15 is 0 Å². The van der Waals surface area contributed by atoms with Crippen LogP contribution in [-0.2, 0) is 13.1 Å². The Morgan fingerprint density at radius 1 is 1.24 bits per heavy atom. The van der Waals surface area contributed by atoms with Crippen LogP contribution < -0.4 is 5.73 Å². The fraction of sp³-hybridized carbons (Fsp3) is 0.588. The molecule has 0 atom stereocenters. The van der Waals surface area contributed by atoms with Crippen molar-refractivity contribution in [2.75, 3.05) is 14.1 Å². The van der Waals surface area contributed by atoms with Gasteiger partial charge in [0.1, 0.15) is 0 Å². The summed E-state index contributed by atoms with van der Waals surface area (Å²) in [6.07, 6.45) is 2.48. The lowest BCUT2D eigenvalue weighted by Crippen LogP contribution is -2.35. The van der Waals surface area contributed by atoms with Crippen molar-refractivity contribution in [3.8, 4) is 0 Å².